The van der Waals surface area contributed by atoms with Gasteiger partial charge in [-0.15, -0.1) is 0 Å². The van der Waals surface area contributed by atoms with Crippen molar-refractivity contribution in [1.82, 2.24) is 0 Å². The van der Waals surface area contributed by atoms with Crippen LogP contribution < -0.4 is 0 Å². The van der Waals surface area contributed by atoms with Crippen LogP contribution in [-0.4, -0.2) is 39.4 Å². The molecule has 0 aromatic heterocycles. The molecule has 5 atom stereocenters. The zero-order valence-electron chi connectivity index (χ0n) is 16.1. The molecule has 0 aromatic rings. The Hall–Kier alpha value is -0.710. The van der Waals surface area contributed by atoms with E-state index in [2.05, 4.69) is 6.92 Å². The number of ketones is 1. The van der Waals surface area contributed by atoms with E-state index < -0.39 is 6.10 Å². The highest BCUT2D eigenvalue weighted by molar-refractivity contribution is 5.84. The van der Waals surface area contributed by atoms with E-state index >= 15 is 0 Å². The monoisotopic (exact) mass is 354 g/mol. The van der Waals surface area contributed by atoms with Gasteiger partial charge in [-0.1, -0.05) is 57.6 Å². The zero-order valence-corrected chi connectivity index (χ0v) is 16.1. The summed E-state index contributed by atoms with van der Waals surface area (Å²) in [6.45, 7) is 3.92. The van der Waals surface area contributed by atoms with Gasteiger partial charge in [-0.3, -0.25) is 4.79 Å². The van der Waals surface area contributed by atoms with Crippen molar-refractivity contribution in [1.29, 1.82) is 0 Å². The lowest BCUT2D eigenvalue weighted by molar-refractivity contribution is -0.121. The molecule has 2 unspecified atom stereocenters. The van der Waals surface area contributed by atoms with Gasteiger partial charge in [0.1, 0.15) is 5.78 Å². The number of hydrogen-bond donors (Lipinski definition) is 3. The molecule has 25 heavy (non-hydrogen) atoms. The van der Waals surface area contributed by atoms with Gasteiger partial charge in [-0.25, -0.2) is 0 Å². The summed E-state index contributed by atoms with van der Waals surface area (Å²) in [7, 11) is 0. The van der Waals surface area contributed by atoms with Crippen LogP contribution in [0.2, 0.25) is 0 Å². The van der Waals surface area contributed by atoms with E-state index in [-0.39, 0.29) is 36.2 Å². The number of carbonyl (C=O) groups is 1. The summed E-state index contributed by atoms with van der Waals surface area (Å²) in [6.07, 6.45) is 12.4. The summed E-state index contributed by atoms with van der Waals surface area (Å²) >= 11 is 0. The summed E-state index contributed by atoms with van der Waals surface area (Å²) in [4.78, 5) is 12.2. The normalized spacial score (nSPS) is 26.4. The van der Waals surface area contributed by atoms with Crippen molar-refractivity contribution in [2.24, 2.45) is 11.8 Å². The van der Waals surface area contributed by atoms with Crippen molar-refractivity contribution in [2.75, 3.05) is 0 Å². The number of rotatable bonds is 13. The van der Waals surface area contributed by atoms with Crippen LogP contribution in [0, 0.1) is 11.8 Å². The van der Waals surface area contributed by atoms with Crippen molar-refractivity contribution in [3.05, 3.63) is 12.2 Å². The summed E-state index contributed by atoms with van der Waals surface area (Å²) in [5, 5.41) is 29.3. The van der Waals surface area contributed by atoms with Gasteiger partial charge in [0.25, 0.3) is 0 Å². The molecule has 1 rings (SSSR count). The number of unbranched alkanes of at least 4 members (excludes halogenated alkanes) is 4. The number of aliphatic hydroxyl groups excluding tert-OH is 3. The summed E-state index contributed by atoms with van der Waals surface area (Å²) in [6, 6.07) is 0. The molecule has 0 bridgehead atoms. The number of carbonyl (C=O) groups excluding carboxylic acids is 1. The Labute approximate surface area is 153 Å². The Morgan fingerprint density at radius 2 is 1.84 bits per heavy atom. The van der Waals surface area contributed by atoms with E-state index in [0.717, 1.165) is 57.8 Å². The van der Waals surface area contributed by atoms with Crippen LogP contribution in [0.5, 0.6) is 0 Å². The molecule has 1 aliphatic carbocycles. The van der Waals surface area contributed by atoms with Crippen LogP contribution in [0.3, 0.4) is 0 Å². The Bertz CT molecular complexity index is 391. The second-order valence-electron chi connectivity index (χ2n) is 7.72. The van der Waals surface area contributed by atoms with Crippen molar-refractivity contribution in [3.63, 3.8) is 0 Å². The molecule has 0 aromatic carbocycles. The minimum absolute atomic E-state index is 0.0733. The van der Waals surface area contributed by atoms with Gasteiger partial charge in [0.15, 0.2) is 0 Å². The Morgan fingerprint density at radius 1 is 1.12 bits per heavy atom. The third-order valence-electron chi connectivity index (χ3n) is 5.28. The summed E-state index contributed by atoms with van der Waals surface area (Å²) in [5.74, 6) is 0.0109. The molecule has 3 N–H and O–H groups in total. The molecular weight excluding hydrogens is 316 g/mol. The molecule has 4 heteroatoms. The predicted molar refractivity (Wildman–Crippen MR) is 101 cm³/mol. The maximum atomic E-state index is 12.2. The van der Waals surface area contributed by atoms with Crippen molar-refractivity contribution < 1.29 is 20.1 Å². The highest BCUT2D eigenvalue weighted by Crippen LogP contribution is 2.34. The molecule has 0 aliphatic heterocycles. The number of hydrogen-bond acceptors (Lipinski definition) is 4. The number of aliphatic hydroxyl groups is 3. The molecule has 0 spiro atoms. The van der Waals surface area contributed by atoms with Crippen LogP contribution in [0.25, 0.3) is 0 Å². The fourth-order valence-corrected chi connectivity index (χ4v) is 3.70. The fourth-order valence-electron chi connectivity index (χ4n) is 3.70. The van der Waals surface area contributed by atoms with E-state index in [4.69, 9.17) is 0 Å². The second-order valence-corrected chi connectivity index (χ2v) is 7.72. The molecule has 0 radical (unpaired) electrons. The van der Waals surface area contributed by atoms with Crippen molar-refractivity contribution in [3.8, 4) is 0 Å². The van der Waals surface area contributed by atoms with Gasteiger partial charge < -0.3 is 15.3 Å². The molecule has 1 saturated carbocycles. The third-order valence-corrected chi connectivity index (χ3v) is 5.28. The quantitative estimate of drug-likeness (QED) is 0.347. The van der Waals surface area contributed by atoms with Gasteiger partial charge >= 0.3 is 0 Å². The number of Topliss-reactive ketones (excluding diaryl/α,β-unsaturated/α-hetero) is 1. The standard InChI is InChI=1S/C21H38O4/c1-3-4-11-17(23)12-9-14-19-18(20(24)15-21(19)25)13-8-6-5-7-10-16(2)22/h9,14,16-19,21-23,25H,3-8,10-13,15H2,1-2H3/t16?,17?,18-,19-,21-/m1/s1. The smallest absolute Gasteiger partial charge is 0.139 e. The molecule has 1 fully saturated rings. The first-order valence-corrected chi connectivity index (χ1v) is 10.2. The van der Waals surface area contributed by atoms with Crippen LogP contribution in [-0.2, 0) is 4.79 Å². The van der Waals surface area contributed by atoms with Crippen molar-refractivity contribution in [2.45, 2.75) is 103 Å². The van der Waals surface area contributed by atoms with E-state index in [9.17, 15) is 20.1 Å². The maximum absolute atomic E-state index is 12.2. The van der Waals surface area contributed by atoms with E-state index in [1.54, 1.807) is 0 Å². The van der Waals surface area contributed by atoms with Crippen LogP contribution >= 0.6 is 0 Å². The zero-order chi connectivity index (χ0) is 18.7. The minimum atomic E-state index is -0.572. The predicted octanol–water partition coefficient (Wildman–Crippen LogP) is 3.77. The van der Waals surface area contributed by atoms with Gasteiger partial charge in [0.2, 0.25) is 0 Å². The first-order valence-electron chi connectivity index (χ1n) is 10.2. The molecule has 4 nitrogen and oxygen atoms in total. The largest absolute Gasteiger partial charge is 0.393 e. The lowest BCUT2D eigenvalue weighted by Crippen LogP contribution is -2.18. The minimum Gasteiger partial charge on any atom is -0.393 e. The second kappa shape index (κ2) is 12.6. The average molecular weight is 355 g/mol. The van der Waals surface area contributed by atoms with E-state index in [1.165, 1.54) is 0 Å². The molecule has 1 aliphatic rings. The SMILES string of the molecule is CCCCC(O)CC=C[C@H]1[C@H](O)CC(=O)[C@@H]1CCCCCCC(C)O. The lowest BCUT2D eigenvalue weighted by Gasteiger charge is -2.17. The van der Waals surface area contributed by atoms with Crippen molar-refractivity contribution >= 4 is 5.78 Å². The topological polar surface area (TPSA) is 77.8 Å². The Balaban J connectivity index is 2.36. The van der Waals surface area contributed by atoms with E-state index in [1.807, 2.05) is 19.1 Å². The molecule has 146 valence electrons. The van der Waals surface area contributed by atoms with Crippen LogP contribution in [0.4, 0.5) is 0 Å². The van der Waals surface area contributed by atoms with Gasteiger partial charge in [0, 0.05) is 18.3 Å². The van der Waals surface area contributed by atoms with Crippen LogP contribution in [0.15, 0.2) is 12.2 Å². The lowest BCUT2D eigenvalue weighted by atomic mass is 9.88. The van der Waals surface area contributed by atoms with Crippen LogP contribution in [0.1, 0.15) is 84.5 Å². The highest BCUT2D eigenvalue weighted by Gasteiger charge is 2.39. The highest BCUT2D eigenvalue weighted by atomic mass is 16.3. The summed E-state index contributed by atoms with van der Waals surface area (Å²) in [5.41, 5.74) is 0. The van der Waals surface area contributed by atoms with Gasteiger partial charge in [0.05, 0.1) is 18.3 Å². The molecule has 0 saturated heterocycles. The molecule has 0 amide bonds. The molecule has 0 heterocycles. The van der Waals surface area contributed by atoms with Gasteiger partial charge in [-0.2, -0.15) is 0 Å². The third kappa shape index (κ3) is 8.98. The first-order chi connectivity index (χ1) is 12.0. The first kappa shape index (κ1) is 22.3. The molecular formula is C21H38O4. The average Bonchev–Trinajstić information content (AvgIpc) is 2.82. The fraction of sp³-hybridized carbons (Fsp3) is 0.857. The Kier molecular flexibility index (Phi) is 11.3. The maximum Gasteiger partial charge on any atom is 0.139 e. The summed E-state index contributed by atoms with van der Waals surface area (Å²) < 4.78 is 0. The van der Waals surface area contributed by atoms with E-state index in [0.29, 0.717) is 6.42 Å². The Morgan fingerprint density at radius 3 is 2.52 bits per heavy atom. The van der Waals surface area contributed by atoms with Gasteiger partial charge in [-0.05, 0) is 32.6 Å².